The number of carbonyl (C=O) groups is 1. The number of halogens is 2. The minimum Gasteiger partial charge on any atom is -0.369 e. The van der Waals surface area contributed by atoms with Crippen molar-refractivity contribution in [1.29, 1.82) is 0 Å². The van der Waals surface area contributed by atoms with Gasteiger partial charge in [-0.2, -0.15) is 0 Å². The van der Waals surface area contributed by atoms with Crippen molar-refractivity contribution in [3.63, 3.8) is 0 Å². The summed E-state index contributed by atoms with van der Waals surface area (Å²) in [4.78, 5) is 14.4. The van der Waals surface area contributed by atoms with Crippen molar-refractivity contribution in [2.75, 3.05) is 29.9 Å². The SMILES string of the molecule is O=C(Nc1ccc2c(c1F)CCNC2)c1ccc(N2CCCC2)c(F)c1. The van der Waals surface area contributed by atoms with Crippen LogP contribution in [-0.4, -0.2) is 25.5 Å². The number of anilines is 2. The molecule has 0 saturated carbocycles. The molecule has 0 unspecified atom stereocenters. The van der Waals surface area contributed by atoms with Crippen LogP contribution < -0.4 is 15.5 Å². The van der Waals surface area contributed by atoms with Gasteiger partial charge in [0.15, 0.2) is 0 Å². The van der Waals surface area contributed by atoms with Crippen LogP contribution in [0, 0.1) is 11.6 Å². The second-order valence-corrected chi connectivity index (χ2v) is 6.81. The van der Waals surface area contributed by atoms with E-state index in [-0.39, 0.29) is 11.3 Å². The molecule has 4 nitrogen and oxygen atoms in total. The Bertz CT molecular complexity index is 847. The van der Waals surface area contributed by atoms with E-state index in [9.17, 15) is 13.6 Å². The molecular weight excluding hydrogens is 336 g/mol. The number of fused-ring (bicyclic) bond motifs is 1. The molecule has 0 spiro atoms. The largest absolute Gasteiger partial charge is 0.369 e. The third kappa shape index (κ3) is 3.17. The van der Waals surface area contributed by atoms with Crippen LogP contribution in [0.15, 0.2) is 30.3 Å². The van der Waals surface area contributed by atoms with Crippen molar-refractivity contribution >= 4 is 17.3 Å². The van der Waals surface area contributed by atoms with E-state index >= 15 is 0 Å². The Kier molecular flexibility index (Phi) is 4.59. The van der Waals surface area contributed by atoms with Crippen molar-refractivity contribution in [2.45, 2.75) is 25.8 Å². The van der Waals surface area contributed by atoms with Crippen molar-refractivity contribution in [2.24, 2.45) is 0 Å². The average Bonchev–Trinajstić information content (AvgIpc) is 3.18. The predicted octanol–water partition coefficient (Wildman–Crippen LogP) is 3.46. The fourth-order valence-corrected chi connectivity index (χ4v) is 3.69. The molecule has 0 aromatic heterocycles. The first-order valence-electron chi connectivity index (χ1n) is 9.00. The minimum atomic E-state index is -0.510. The van der Waals surface area contributed by atoms with Gasteiger partial charge in [0.25, 0.3) is 5.91 Å². The molecule has 0 aliphatic carbocycles. The van der Waals surface area contributed by atoms with Gasteiger partial charge in [-0.3, -0.25) is 4.79 Å². The van der Waals surface area contributed by atoms with Crippen LogP contribution >= 0.6 is 0 Å². The predicted molar refractivity (Wildman–Crippen MR) is 97.6 cm³/mol. The fraction of sp³-hybridized carbons (Fsp3) is 0.350. The third-order valence-corrected chi connectivity index (χ3v) is 5.11. The number of nitrogens with one attached hydrogen (secondary N) is 2. The quantitative estimate of drug-likeness (QED) is 0.884. The van der Waals surface area contributed by atoms with Crippen molar-refractivity contribution in [1.82, 2.24) is 5.32 Å². The molecule has 0 bridgehead atoms. The van der Waals surface area contributed by atoms with Crippen molar-refractivity contribution < 1.29 is 13.6 Å². The number of benzene rings is 2. The van der Waals surface area contributed by atoms with Gasteiger partial charge in [0.2, 0.25) is 0 Å². The lowest BCUT2D eigenvalue weighted by Gasteiger charge is -2.20. The van der Waals surface area contributed by atoms with Crippen LogP contribution in [0.25, 0.3) is 0 Å². The molecule has 0 radical (unpaired) electrons. The zero-order valence-electron chi connectivity index (χ0n) is 14.4. The standard InChI is InChI=1S/C20H21F2N3O/c21-16-11-13(4-6-18(16)25-9-1-2-10-25)20(26)24-17-5-3-14-12-23-8-7-15(14)19(17)22/h3-6,11,23H,1-2,7-10,12H2,(H,24,26). The molecule has 6 heteroatoms. The van der Waals surface area contributed by atoms with Gasteiger partial charge < -0.3 is 15.5 Å². The smallest absolute Gasteiger partial charge is 0.255 e. The molecule has 4 rings (SSSR count). The molecule has 2 aliphatic rings. The van der Waals surface area contributed by atoms with E-state index in [0.717, 1.165) is 31.5 Å². The first kappa shape index (κ1) is 17.0. The highest BCUT2D eigenvalue weighted by molar-refractivity contribution is 6.04. The van der Waals surface area contributed by atoms with Gasteiger partial charge in [-0.1, -0.05) is 6.07 Å². The van der Waals surface area contributed by atoms with E-state index in [2.05, 4.69) is 10.6 Å². The molecule has 1 amide bonds. The minimum absolute atomic E-state index is 0.139. The molecule has 1 fully saturated rings. The summed E-state index contributed by atoms with van der Waals surface area (Å²) in [6.45, 7) is 3.00. The molecule has 2 N–H and O–H groups in total. The topological polar surface area (TPSA) is 44.4 Å². The van der Waals surface area contributed by atoms with Gasteiger partial charge in [0.05, 0.1) is 11.4 Å². The molecule has 2 aromatic carbocycles. The first-order chi connectivity index (χ1) is 12.6. The van der Waals surface area contributed by atoms with E-state index < -0.39 is 17.5 Å². The summed E-state index contributed by atoms with van der Waals surface area (Å²) >= 11 is 0. The van der Waals surface area contributed by atoms with E-state index in [1.54, 1.807) is 18.2 Å². The number of amides is 1. The Hall–Kier alpha value is -2.47. The normalized spacial score (nSPS) is 16.5. The lowest BCUT2D eigenvalue weighted by Crippen LogP contribution is -2.25. The van der Waals surface area contributed by atoms with Gasteiger partial charge in [-0.15, -0.1) is 0 Å². The van der Waals surface area contributed by atoms with Crippen molar-refractivity contribution in [3.05, 3.63) is 58.7 Å². The van der Waals surface area contributed by atoms with E-state index in [4.69, 9.17) is 0 Å². The van der Waals surface area contributed by atoms with E-state index in [1.807, 2.05) is 11.0 Å². The monoisotopic (exact) mass is 357 g/mol. The van der Waals surface area contributed by atoms with Gasteiger partial charge >= 0.3 is 0 Å². The molecule has 0 atom stereocenters. The van der Waals surface area contributed by atoms with Crippen molar-refractivity contribution in [3.8, 4) is 0 Å². The summed E-state index contributed by atoms with van der Waals surface area (Å²) in [6.07, 6.45) is 2.69. The lowest BCUT2D eigenvalue weighted by atomic mass is 9.99. The Balaban J connectivity index is 1.54. The average molecular weight is 357 g/mol. The lowest BCUT2D eigenvalue weighted by molar-refractivity contribution is 0.102. The van der Waals surface area contributed by atoms with Crippen LogP contribution in [0.1, 0.15) is 34.3 Å². The maximum Gasteiger partial charge on any atom is 0.255 e. The second-order valence-electron chi connectivity index (χ2n) is 6.81. The number of nitrogens with zero attached hydrogens (tertiary/aromatic N) is 1. The Morgan fingerprint density at radius 1 is 1.12 bits per heavy atom. The number of hydrogen-bond acceptors (Lipinski definition) is 3. The summed E-state index contributed by atoms with van der Waals surface area (Å²) in [5.41, 5.74) is 2.39. The highest BCUT2D eigenvalue weighted by atomic mass is 19.1. The van der Waals surface area contributed by atoms with Gasteiger partial charge in [-0.25, -0.2) is 8.78 Å². The van der Waals surface area contributed by atoms with Gasteiger partial charge in [0, 0.05) is 25.2 Å². The number of hydrogen-bond donors (Lipinski definition) is 2. The van der Waals surface area contributed by atoms with E-state index in [1.165, 1.54) is 6.07 Å². The molecule has 2 aromatic rings. The molecule has 2 aliphatic heterocycles. The molecule has 1 saturated heterocycles. The number of carbonyl (C=O) groups excluding carboxylic acids is 1. The van der Waals surface area contributed by atoms with Crippen LogP contribution in [-0.2, 0) is 13.0 Å². The van der Waals surface area contributed by atoms with Gasteiger partial charge in [0.1, 0.15) is 11.6 Å². The van der Waals surface area contributed by atoms with E-state index in [0.29, 0.717) is 30.8 Å². The zero-order valence-corrected chi connectivity index (χ0v) is 14.4. The first-order valence-corrected chi connectivity index (χ1v) is 9.00. The molecule has 136 valence electrons. The van der Waals surface area contributed by atoms with Crippen LogP contribution in [0.3, 0.4) is 0 Å². The highest BCUT2D eigenvalue weighted by Crippen LogP contribution is 2.27. The Morgan fingerprint density at radius 2 is 1.92 bits per heavy atom. The Labute approximate surface area is 151 Å². The third-order valence-electron chi connectivity index (χ3n) is 5.11. The highest BCUT2D eigenvalue weighted by Gasteiger charge is 2.20. The summed E-state index contributed by atoms with van der Waals surface area (Å²) in [6, 6.07) is 7.82. The summed E-state index contributed by atoms with van der Waals surface area (Å²) < 4.78 is 29.1. The van der Waals surface area contributed by atoms with Crippen LogP contribution in [0.2, 0.25) is 0 Å². The van der Waals surface area contributed by atoms with Crippen LogP contribution in [0.5, 0.6) is 0 Å². The summed E-state index contributed by atoms with van der Waals surface area (Å²) in [7, 11) is 0. The summed E-state index contributed by atoms with van der Waals surface area (Å²) in [5, 5.41) is 5.77. The maximum absolute atomic E-state index is 14.7. The Morgan fingerprint density at radius 3 is 2.69 bits per heavy atom. The summed E-state index contributed by atoms with van der Waals surface area (Å²) in [5.74, 6) is -1.33. The van der Waals surface area contributed by atoms with Crippen LogP contribution in [0.4, 0.5) is 20.2 Å². The maximum atomic E-state index is 14.7. The zero-order chi connectivity index (χ0) is 18.1. The van der Waals surface area contributed by atoms with Gasteiger partial charge in [-0.05, 0) is 61.2 Å². The number of rotatable bonds is 3. The fourth-order valence-electron chi connectivity index (χ4n) is 3.69. The molecule has 26 heavy (non-hydrogen) atoms. The molecular formula is C20H21F2N3O. The second kappa shape index (κ2) is 7.03. The molecule has 2 heterocycles.